The molecule has 2 aromatic rings. The van der Waals surface area contributed by atoms with Gasteiger partial charge in [-0.25, -0.2) is 0 Å². The van der Waals surface area contributed by atoms with Gasteiger partial charge in [-0.15, -0.1) is 0 Å². The molecule has 1 aliphatic carbocycles. The van der Waals surface area contributed by atoms with E-state index in [9.17, 15) is 5.11 Å². The number of hydrogen-bond donors (Lipinski definition) is 1. The van der Waals surface area contributed by atoms with Crippen LogP contribution >= 0.6 is 0 Å². The first-order valence-corrected chi connectivity index (χ1v) is 6.91. The van der Waals surface area contributed by atoms with E-state index in [0.717, 1.165) is 11.1 Å². The quantitative estimate of drug-likeness (QED) is 0.906. The molecular weight excluding hydrogens is 234 g/mol. The van der Waals surface area contributed by atoms with Crippen LogP contribution in [0.25, 0.3) is 0 Å². The number of hydrogen-bond acceptors (Lipinski definition) is 2. The summed E-state index contributed by atoms with van der Waals surface area (Å²) in [5, 5.41) is 10.8. The Kier molecular flexibility index (Phi) is 3.11. The second kappa shape index (κ2) is 4.78. The molecule has 1 atom stereocenters. The van der Waals surface area contributed by atoms with Gasteiger partial charge in [0.2, 0.25) is 0 Å². The highest BCUT2D eigenvalue weighted by molar-refractivity contribution is 5.37. The Hall–Kier alpha value is -1.67. The van der Waals surface area contributed by atoms with Crippen molar-refractivity contribution in [3.8, 4) is 0 Å². The predicted octanol–water partition coefficient (Wildman–Crippen LogP) is 3.60. The maximum atomic E-state index is 10.8. The molecule has 19 heavy (non-hydrogen) atoms. The standard InChI is InChI=1S/C17H19NO/c1-17(19,16-9-4-10-18-12-16)15-8-3-7-14(11-15)13-5-2-6-13/h3-4,7-13,19H,2,5-6H2,1H3. The Balaban J connectivity index is 1.96. The molecule has 1 fully saturated rings. The van der Waals surface area contributed by atoms with Crippen molar-refractivity contribution in [1.29, 1.82) is 0 Å². The third kappa shape index (κ3) is 2.28. The van der Waals surface area contributed by atoms with Crippen LogP contribution < -0.4 is 0 Å². The van der Waals surface area contributed by atoms with Gasteiger partial charge in [0.1, 0.15) is 5.60 Å². The highest BCUT2D eigenvalue weighted by atomic mass is 16.3. The highest BCUT2D eigenvalue weighted by Crippen LogP contribution is 2.38. The Bertz CT molecular complexity index is 558. The van der Waals surface area contributed by atoms with Crippen LogP contribution in [-0.2, 0) is 5.60 Å². The van der Waals surface area contributed by atoms with Gasteiger partial charge in [-0.1, -0.05) is 36.8 Å². The van der Waals surface area contributed by atoms with Crippen LogP contribution in [0.5, 0.6) is 0 Å². The number of nitrogens with zero attached hydrogens (tertiary/aromatic N) is 1. The Morgan fingerprint density at radius 3 is 2.58 bits per heavy atom. The molecule has 1 aromatic heterocycles. The molecule has 2 nitrogen and oxygen atoms in total. The zero-order chi connectivity index (χ0) is 13.3. The Morgan fingerprint density at radius 2 is 1.95 bits per heavy atom. The van der Waals surface area contributed by atoms with Crippen molar-refractivity contribution >= 4 is 0 Å². The average molecular weight is 253 g/mol. The second-order valence-electron chi connectivity index (χ2n) is 5.57. The summed E-state index contributed by atoms with van der Waals surface area (Å²) in [4.78, 5) is 4.10. The molecule has 98 valence electrons. The van der Waals surface area contributed by atoms with Crippen LogP contribution in [0.1, 0.15) is 48.8 Å². The SMILES string of the molecule is CC(O)(c1cccnc1)c1cccc(C2CCC2)c1. The minimum atomic E-state index is -0.978. The lowest BCUT2D eigenvalue weighted by atomic mass is 9.78. The van der Waals surface area contributed by atoms with E-state index < -0.39 is 5.60 Å². The van der Waals surface area contributed by atoms with Gasteiger partial charge in [-0.3, -0.25) is 4.98 Å². The van der Waals surface area contributed by atoms with Gasteiger partial charge in [0.25, 0.3) is 0 Å². The summed E-state index contributed by atoms with van der Waals surface area (Å²) in [5.74, 6) is 0.685. The first-order valence-electron chi connectivity index (χ1n) is 6.91. The van der Waals surface area contributed by atoms with Gasteiger partial charge < -0.3 is 5.11 Å². The van der Waals surface area contributed by atoms with E-state index in [2.05, 4.69) is 17.1 Å². The van der Waals surface area contributed by atoms with Crippen LogP contribution in [-0.4, -0.2) is 10.1 Å². The normalized spacial score (nSPS) is 18.6. The molecule has 0 spiro atoms. The smallest absolute Gasteiger partial charge is 0.113 e. The summed E-state index contributed by atoms with van der Waals surface area (Å²) < 4.78 is 0. The minimum Gasteiger partial charge on any atom is -0.381 e. The maximum absolute atomic E-state index is 10.8. The number of rotatable bonds is 3. The monoisotopic (exact) mass is 253 g/mol. The van der Waals surface area contributed by atoms with Crippen molar-refractivity contribution in [1.82, 2.24) is 4.98 Å². The predicted molar refractivity (Wildman–Crippen MR) is 75.9 cm³/mol. The van der Waals surface area contributed by atoms with Crippen molar-refractivity contribution < 1.29 is 5.11 Å². The summed E-state index contributed by atoms with van der Waals surface area (Å²) in [6.07, 6.45) is 7.34. The average Bonchev–Trinajstić information content (AvgIpc) is 2.38. The Morgan fingerprint density at radius 1 is 1.16 bits per heavy atom. The Labute approximate surface area is 114 Å². The summed E-state index contributed by atoms with van der Waals surface area (Å²) in [6.45, 7) is 1.84. The lowest BCUT2D eigenvalue weighted by molar-refractivity contribution is 0.102. The topological polar surface area (TPSA) is 33.1 Å². The molecule has 1 N–H and O–H groups in total. The molecule has 0 bridgehead atoms. The minimum absolute atomic E-state index is 0.685. The van der Waals surface area contributed by atoms with E-state index in [1.54, 1.807) is 12.4 Å². The van der Waals surface area contributed by atoms with E-state index in [-0.39, 0.29) is 0 Å². The van der Waals surface area contributed by atoms with Crippen molar-refractivity contribution in [3.05, 3.63) is 65.5 Å². The van der Waals surface area contributed by atoms with E-state index in [1.807, 2.05) is 31.2 Å². The first-order chi connectivity index (χ1) is 9.18. The fraction of sp³-hybridized carbons (Fsp3) is 0.353. The molecule has 1 aliphatic rings. The van der Waals surface area contributed by atoms with Crippen molar-refractivity contribution in [2.75, 3.05) is 0 Å². The fourth-order valence-corrected chi connectivity index (χ4v) is 2.65. The molecular formula is C17H19NO. The highest BCUT2D eigenvalue weighted by Gasteiger charge is 2.27. The second-order valence-corrected chi connectivity index (χ2v) is 5.57. The van der Waals surface area contributed by atoms with Crippen molar-refractivity contribution in [3.63, 3.8) is 0 Å². The first kappa shape index (κ1) is 12.4. The van der Waals surface area contributed by atoms with Gasteiger partial charge in [0.05, 0.1) is 0 Å². The summed E-state index contributed by atoms with van der Waals surface area (Å²) in [7, 11) is 0. The van der Waals surface area contributed by atoms with Gasteiger partial charge >= 0.3 is 0 Å². The van der Waals surface area contributed by atoms with E-state index in [1.165, 1.54) is 24.8 Å². The van der Waals surface area contributed by atoms with Crippen LogP contribution in [0, 0.1) is 0 Å². The molecule has 0 aliphatic heterocycles. The van der Waals surface area contributed by atoms with Gasteiger partial charge in [-0.2, -0.15) is 0 Å². The third-order valence-corrected chi connectivity index (χ3v) is 4.25. The molecule has 0 amide bonds. The molecule has 1 saturated carbocycles. The van der Waals surface area contributed by atoms with Crippen LogP contribution in [0.15, 0.2) is 48.8 Å². The van der Waals surface area contributed by atoms with Crippen molar-refractivity contribution in [2.24, 2.45) is 0 Å². The summed E-state index contributed by atoms with van der Waals surface area (Å²) >= 11 is 0. The number of aliphatic hydroxyl groups is 1. The number of benzene rings is 1. The molecule has 0 radical (unpaired) electrons. The fourth-order valence-electron chi connectivity index (χ4n) is 2.65. The van der Waals surface area contributed by atoms with Gasteiger partial charge in [0, 0.05) is 18.0 Å². The molecule has 3 rings (SSSR count). The van der Waals surface area contributed by atoms with Crippen LogP contribution in [0.2, 0.25) is 0 Å². The van der Waals surface area contributed by atoms with Crippen LogP contribution in [0.3, 0.4) is 0 Å². The molecule has 1 aromatic carbocycles. The third-order valence-electron chi connectivity index (χ3n) is 4.25. The van der Waals surface area contributed by atoms with Crippen LogP contribution in [0.4, 0.5) is 0 Å². The zero-order valence-corrected chi connectivity index (χ0v) is 11.2. The van der Waals surface area contributed by atoms with E-state index in [0.29, 0.717) is 5.92 Å². The summed E-state index contributed by atoms with van der Waals surface area (Å²) in [6, 6.07) is 12.1. The van der Waals surface area contributed by atoms with Crippen molar-refractivity contribution in [2.45, 2.75) is 37.7 Å². The molecule has 2 heteroatoms. The lowest BCUT2D eigenvalue weighted by Crippen LogP contribution is -2.23. The maximum Gasteiger partial charge on any atom is 0.113 e. The molecule has 1 heterocycles. The van der Waals surface area contributed by atoms with E-state index >= 15 is 0 Å². The molecule has 0 saturated heterocycles. The van der Waals surface area contributed by atoms with E-state index in [4.69, 9.17) is 0 Å². The van der Waals surface area contributed by atoms with Gasteiger partial charge in [0.15, 0.2) is 0 Å². The lowest BCUT2D eigenvalue weighted by Gasteiger charge is -2.29. The zero-order valence-electron chi connectivity index (χ0n) is 11.2. The molecule has 1 unspecified atom stereocenters. The largest absolute Gasteiger partial charge is 0.381 e. The number of pyridine rings is 1. The number of aromatic nitrogens is 1. The van der Waals surface area contributed by atoms with Gasteiger partial charge in [-0.05, 0) is 42.9 Å². The summed E-state index contributed by atoms with van der Waals surface area (Å²) in [5.41, 5.74) is 2.16.